The molecule has 0 atom stereocenters. The summed E-state index contributed by atoms with van der Waals surface area (Å²) in [4.78, 5) is 24.6. The number of alkyl halides is 2. The lowest BCUT2D eigenvalue weighted by molar-refractivity contribution is -0.684. The second kappa shape index (κ2) is 7.31. The topological polar surface area (TPSA) is 68.5 Å². The summed E-state index contributed by atoms with van der Waals surface area (Å²) >= 11 is 0. The normalized spacial score (nSPS) is 13.7. The van der Waals surface area contributed by atoms with Crippen LogP contribution in [0.25, 0.3) is 0 Å². The average Bonchev–Trinajstić information content (AvgIpc) is 3.01. The van der Waals surface area contributed by atoms with Gasteiger partial charge in [0.2, 0.25) is 6.54 Å². The minimum atomic E-state index is -3.71. The molecule has 6 nitrogen and oxygen atoms in total. The summed E-state index contributed by atoms with van der Waals surface area (Å²) in [6.45, 7) is -0.0234. The SMILES string of the molecule is O=C(C[n+]1ccc(C(=O)c2ccccc2)cc1)Nc1ccc2c(c1)OC(F)(F)O2. The van der Waals surface area contributed by atoms with Gasteiger partial charge in [-0.25, -0.2) is 0 Å². The molecule has 1 amide bonds. The van der Waals surface area contributed by atoms with Crippen molar-refractivity contribution in [3.05, 3.63) is 84.2 Å². The molecule has 0 spiro atoms. The Morgan fingerprint density at radius 1 is 0.897 bits per heavy atom. The molecule has 8 heteroatoms. The Morgan fingerprint density at radius 2 is 1.55 bits per heavy atom. The standard InChI is InChI=1S/C21H14F2N2O4/c22-21(23)28-17-7-6-16(12-18(17)29-21)24-19(26)13-25-10-8-15(9-11-25)20(27)14-4-2-1-3-5-14/h1-12H,13H2/p+1. The van der Waals surface area contributed by atoms with Gasteiger partial charge in [0.15, 0.2) is 29.7 Å². The summed E-state index contributed by atoms with van der Waals surface area (Å²) < 4.78 is 36.4. The van der Waals surface area contributed by atoms with Gasteiger partial charge in [0.25, 0.3) is 5.91 Å². The van der Waals surface area contributed by atoms with Crippen LogP contribution in [0.4, 0.5) is 14.5 Å². The molecule has 0 saturated carbocycles. The van der Waals surface area contributed by atoms with E-state index in [1.807, 2.05) is 6.07 Å². The van der Waals surface area contributed by atoms with Crippen LogP contribution in [-0.2, 0) is 11.3 Å². The fourth-order valence-electron chi connectivity index (χ4n) is 2.86. The van der Waals surface area contributed by atoms with Crippen molar-refractivity contribution in [1.29, 1.82) is 0 Å². The minimum absolute atomic E-state index is 0.0234. The van der Waals surface area contributed by atoms with E-state index in [2.05, 4.69) is 14.8 Å². The molecule has 2 heterocycles. The van der Waals surface area contributed by atoms with Gasteiger partial charge in [0.05, 0.1) is 0 Å². The van der Waals surface area contributed by atoms with Crippen LogP contribution in [0.2, 0.25) is 0 Å². The first-order chi connectivity index (χ1) is 13.9. The number of anilines is 1. The lowest BCUT2D eigenvalue weighted by Crippen LogP contribution is -2.39. The smallest absolute Gasteiger partial charge is 0.395 e. The van der Waals surface area contributed by atoms with Crippen LogP contribution >= 0.6 is 0 Å². The minimum Gasteiger partial charge on any atom is -0.395 e. The lowest BCUT2D eigenvalue weighted by atomic mass is 10.0. The maximum absolute atomic E-state index is 13.1. The van der Waals surface area contributed by atoms with E-state index < -0.39 is 6.29 Å². The van der Waals surface area contributed by atoms with Crippen LogP contribution in [0.1, 0.15) is 15.9 Å². The molecule has 1 N–H and O–H groups in total. The Labute approximate surface area is 164 Å². The van der Waals surface area contributed by atoms with E-state index in [0.717, 1.165) is 0 Å². The molecule has 1 aromatic heterocycles. The number of carbonyl (C=O) groups is 2. The molecule has 0 aliphatic carbocycles. The van der Waals surface area contributed by atoms with Gasteiger partial charge < -0.3 is 14.8 Å². The molecular weight excluding hydrogens is 382 g/mol. The summed E-state index contributed by atoms with van der Waals surface area (Å²) in [6, 6.07) is 16.1. The van der Waals surface area contributed by atoms with Gasteiger partial charge in [-0.05, 0) is 12.1 Å². The number of aromatic nitrogens is 1. The van der Waals surface area contributed by atoms with Crippen molar-refractivity contribution in [2.24, 2.45) is 0 Å². The number of fused-ring (bicyclic) bond motifs is 1. The van der Waals surface area contributed by atoms with Crippen LogP contribution in [0.3, 0.4) is 0 Å². The molecule has 29 heavy (non-hydrogen) atoms. The molecule has 0 saturated heterocycles. The summed E-state index contributed by atoms with van der Waals surface area (Å²) in [5.41, 5.74) is 1.38. The first-order valence-corrected chi connectivity index (χ1v) is 8.68. The number of halogens is 2. The highest BCUT2D eigenvalue weighted by atomic mass is 19.3. The van der Waals surface area contributed by atoms with E-state index in [0.29, 0.717) is 16.8 Å². The van der Waals surface area contributed by atoms with Gasteiger partial charge in [-0.15, -0.1) is 8.78 Å². The van der Waals surface area contributed by atoms with Crippen molar-refractivity contribution in [2.75, 3.05) is 5.32 Å². The zero-order valence-electron chi connectivity index (χ0n) is 15.0. The maximum Gasteiger partial charge on any atom is 0.586 e. The van der Waals surface area contributed by atoms with E-state index >= 15 is 0 Å². The van der Waals surface area contributed by atoms with Crippen LogP contribution in [0.5, 0.6) is 11.5 Å². The Morgan fingerprint density at radius 3 is 2.28 bits per heavy atom. The molecule has 0 radical (unpaired) electrons. The number of hydrogen-bond acceptors (Lipinski definition) is 4. The third-order valence-electron chi connectivity index (χ3n) is 4.20. The quantitative estimate of drug-likeness (QED) is 0.531. The highest BCUT2D eigenvalue weighted by Crippen LogP contribution is 2.42. The van der Waals surface area contributed by atoms with Crippen molar-refractivity contribution >= 4 is 17.4 Å². The summed E-state index contributed by atoms with van der Waals surface area (Å²) in [6.07, 6.45) is -0.467. The first-order valence-electron chi connectivity index (χ1n) is 8.68. The van der Waals surface area contributed by atoms with Crippen molar-refractivity contribution in [1.82, 2.24) is 0 Å². The predicted molar refractivity (Wildman–Crippen MR) is 97.8 cm³/mol. The maximum atomic E-state index is 13.1. The number of ketones is 1. The van der Waals surface area contributed by atoms with E-state index in [1.165, 1.54) is 18.2 Å². The molecule has 2 aromatic carbocycles. The number of nitrogens with one attached hydrogen (secondary N) is 1. The van der Waals surface area contributed by atoms with E-state index in [4.69, 9.17) is 0 Å². The first kappa shape index (κ1) is 18.5. The predicted octanol–water partition coefficient (Wildman–Crippen LogP) is 3.17. The summed E-state index contributed by atoms with van der Waals surface area (Å²) in [7, 11) is 0. The number of hydrogen-bond donors (Lipinski definition) is 1. The second-order valence-corrected chi connectivity index (χ2v) is 6.33. The van der Waals surface area contributed by atoms with Crippen LogP contribution in [0.15, 0.2) is 73.1 Å². The van der Waals surface area contributed by atoms with Crippen molar-refractivity contribution in [3.63, 3.8) is 0 Å². The molecule has 4 rings (SSSR count). The fourth-order valence-corrected chi connectivity index (χ4v) is 2.86. The number of rotatable bonds is 5. The molecular formula is C21H15F2N2O4+. The van der Waals surface area contributed by atoms with Crippen LogP contribution < -0.4 is 19.4 Å². The summed E-state index contributed by atoms with van der Waals surface area (Å²) in [5, 5.41) is 2.60. The molecule has 0 unspecified atom stereocenters. The lowest BCUT2D eigenvalue weighted by Gasteiger charge is -2.05. The van der Waals surface area contributed by atoms with Gasteiger partial charge in [-0.3, -0.25) is 9.59 Å². The third kappa shape index (κ3) is 4.21. The number of pyridine rings is 1. The van der Waals surface area contributed by atoms with Gasteiger partial charge >= 0.3 is 6.29 Å². The number of carbonyl (C=O) groups excluding carboxylic acids is 2. The highest BCUT2D eigenvalue weighted by Gasteiger charge is 2.43. The van der Waals surface area contributed by atoms with Crippen molar-refractivity contribution in [2.45, 2.75) is 12.8 Å². The number of amides is 1. The van der Waals surface area contributed by atoms with Crippen LogP contribution in [-0.4, -0.2) is 18.0 Å². The monoisotopic (exact) mass is 397 g/mol. The van der Waals surface area contributed by atoms with Crippen LogP contribution in [0, 0.1) is 0 Å². The molecule has 0 bridgehead atoms. The second-order valence-electron chi connectivity index (χ2n) is 6.33. The summed E-state index contributed by atoms with van der Waals surface area (Å²) in [5.74, 6) is -0.729. The Kier molecular flexibility index (Phi) is 4.67. The third-order valence-corrected chi connectivity index (χ3v) is 4.20. The van der Waals surface area contributed by atoms with E-state index in [-0.39, 0.29) is 29.7 Å². The zero-order valence-corrected chi connectivity index (χ0v) is 15.0. The number of nitrogens with zero attached hydrogens (tertiary/aromatic N) is 1. The molecule has 1 aliphatic rings. The zero-order chi connectivity index (χ0) is 20.4. The van der Waals surface area contributed by atoms with Gasteiger partial charge in [-0.2, -0.15) is 4.57 Å². The number of benzene rings is 2. The van der Waals surface area contributed by atoms with Gasteiger partial charge in [0, 0.05) is 35.0 Å². The molecule has 0 fully saturated rings. The van der Waals surface area contributed by atoms with E-state index in [9.17, 15) is 18.4 Å². The van der Waals surface area contributed by atoms with Crippen molar-refractivity contribution < 1.29 is 32.4 Å². The average molecular weight is 397 g/mol. The molecule has 146 valence electrons. The molecule has 1 aliphatic heterocycles. The Bertz CT molecular complexity index is 1070. The number of ether oxygens (including phenoxy) is 2. The Balaban J connectivity index is 1.39. The molecule has 3 aromatic rings. The van der Waals surface area contributed by atoms with E-state index in [1.54, 1.807) is 53.4 Å². The Hall–Kier alpha value is -3.81. The van der Waals surface area contributed by atoms with Gasteiger partial charge in [-0.1, -0.05) is 30.3 Å². The highest BCUT2D eigenvalue weighted by molar-refractivity contribution is 6.08. The largest absolute Gasteiger partial charge is 0.586 e. The van der Waals surface area contributed by atoms with Gasteiger partial charge in [0.1, 0.15) is 0 Å². The fraction of sp³-hybridized carbons (Fsp3) is 0.0952. The van der Waals surface area contributed by atoms with Crippen molar-refractivity contribution in [3.8, 4) is 11.5 Å².